The topological polar surface area (TPSA) is 79.9 Å². The number of aryl methyl sites for hydroxylation is 1. The fourth-order valence-electron chi connectivity index (χ4n) is 1.43. The standard InChI is InChI=1S/C10H14N4O/c1-6(8-4-3-5-15-8)12-10-9(11)13-7(2)14-10/h3-6,12H,11H2,1-2H3,(H,13,14). The maximum atomic E-state index is 5.73. The van der Waals surface area contributed by atoms with Gasteiger partial charge in [0.05, 0.1) is 12.3 Å². The van der Waals surface area contributed by atoms with Crippen LogP contribution < -0.4 is 11.1 Å². The molecule has 0 spiro atoms. The van der Waals surface area contributed by atoms with Gasteiger partial charge >= 0.3 is 0 Å². The van der Waals surface area contributed by atoms with Crippen molar-refractivity contribution in [1.82, 2.24) is 9.97 Å². The van der Waals surface area contributed by atoms with Gasteiger partial charge in [0.15, 0.2) is 5.82 Å². The highest BCUT2D eigenvalue weighted by Crippen LogP contribution is 2.21. The van der Waals surface area contributed by atoms with Gasteiger partial charge in [-0.25, -0.2) is 4.98 Å². The van der Waals surface area contributed by atoms with Gasteiger partial charge in [0, 0.05) is 0 Å². The fourth-order valence-corrected chi connectivity index (χ4v) is 1.43. The van der Waals surface area contributed by atoms with Gasteiger partial charge in [-0.2, -0.15) is 0 Å². The van der Waals surface area contributed by atoms with Crippen LogP contribution in [0.15, 0.2) is 22.8 Å². The Kier molecular flexibility index (Phi) is 2.37. The predicted octanol–water partition coefficient (Wildman–Crippen LogP) is 2.07. The summed E-state index contributed by atoms with van der Waals surface area (Å²) in [5, 5.41) is 3.17. The van der Waals surface area contributed by atoms with Crippen LogP contribution in [-0.2, 0) is 0 Å². The van der Waals surface area contributed by atoms with Crippen LogP contribution in [0.2, 0.25) is 0 Å². The Balaban J connectivity index is 2.12. The molecule has 1 atom stereocenters. The molecule has 0 aliphatic heterocycles. The number of nitrogens with one attached hydrogen (secondary N) is 2. The number of anilines is 2. The summed E-state index contributed by atoms with van der Waals surface area (Å²) in [7, 11) is 0. The van der Waals surface area contributed by atoms with Gasteiger partial charge in [-0.1, -0.05) is 0 Å². The zero-order chi connectivity index (χ0) is 10.8. The summed E-state index contributed by atoms with van der Waals surface area (Å²) in [4.78, 5) is 7.16. The molecular formula is C10H14N4O. The first-order valence-corrected chi connectivity index (χ1v) is 4.79. The van der Waals surface area contributed by atoms with Crippen molar-refractivity contribution in [2.45, 2.75) is 19.9 Å². The van der Waals surface area contributed by atoms with Crippen molar-refractivity contribution < 1.29 is 4.42 Å². The van der Waals surface area contributed by atoms with E-state index in [4.69, 9.17) is 10.2 Å². The average molecular weight is 206 g/mol. The fraction of sp³-hybridized carbons (Fsp3) is 0.300. The molecular weight excluding hydrogens is 192 g/mol. The third-order valence-electron chi connectivity index (χ3n) is 2.17. The molecule has 2 heterocycles. The molecule has 5 heteroatoms. The molecule has 0 bridgehead atoms. The van der Waals surface area contributed by atoms with Crippen LogP contribution in [0.4, 0.5) is 11.6 Å². The quantitative estimate of drug-likeness (QED) is 0.718. The van der Waals surface area contributed by atoms with Crippen LogP contribution >= 0.6 is 0 Å². The summed E-state index contributed by atoms with van der Waals surface area (Å²) < 4.78 is 5.27. The molecule has 5 nitrogen and oxygen atoms in total. The van der Waals surface area contributed by atoms with E-state index in [0.29, 0.717) is 11.6 Å². The minimum Gasteiger partial charge on any atom is -0.467 e. The molecule has 15 heavy (non-hydrogen) atoms. The number of nitrogens with two attached hydrogens (primary N) is 1. The van der Waals surface area contributed by atoms with Crippen LogP contribution in [0.1, 0.15) is 24.6 Å². The second-order valence-electron chi connectivity index (χ2n) is 3.47. The van der Waals surface area contributed by atoms with Crippen molar-refractivity contribution in [3.63, 3.8) is 0 Å². The van der Waals surface area contributed by atoms with E-state index in [-0.39, 0.29) is 6.04 Å². The molecule has 1 unspecified atom stereocenters. The van der Waals surface area contributed by atoms with Crippen molar-refractivity contribution in [2.24, 2.45) is 0 Å². The largest absolute Gasteiger partial charge is 0.467 e. The van der Waals surface area contributed by atoms with Crippen molar-refractivity contribution in [3.8, 4) is 0 Å². The van der Waals surface area contributed by atoms with Gasteiger partial charge in [0.1, 0.15) is 17.4 Å². The third-order valence-corrected chi connectivity index (χ3v) is 2.17. The number of hydrogen-bond donors (Lipinski definition) is 3. The Hall–Kier alpha value is -1.91. The smallest absolute Gasteiger partial charge is 0.169 e. The lowest BCUT2D eigenvalue weighted by atomic mass is 10.2. The number of aromatic amines is 1. The van der Waals surface area contributed by atoms with Gasteiger partial charge in [-0.05, 0) is 26.0 Å². The minimum absolute atomic E-state index is 0.0463. The minimum atomic E-state index is 0.0463. The average Bonchev–Trinajstić information content (AvgIpc) is 2.76. The van der Waals surface area contributed by atoms with E-state index in [9.17, 15) is 0 Å². The maximum absolute atomic E-state index is 5.73. The Morgan fingerprint density at radius 3 is 2.93 bits per heavy atom. The molecule has 0 amide bonds. The second kappa shape index (κ2) is 3.68. The summed E-state index contributed by atoms with van der Waals surface area (Å²) >= 11 is 0. The lowest BCUT2D eigenvalue weighted by Gasteiger charge is -2.10. The van der Waals surface area contributed by atoms with E-state index >= 15 is 0 Å². The van der Waals surface area contributed by atoms with Crippen molar-refractivity contribution in [2.75, 3.05) is 11.1 Å². The Morgan fingerprint density at radius 2 is 2.40 bits per heavy atom. The number of rotatable bonds is 3. The van der Waals surface area contributed by atoms with E-state index in [1.165, 1.54) is 0 Å². The lowest BCUT2D eigenvalue weighted by Crippen LogP contribution is -2.07. The van der Waals surface area contributed by atoms with Crippen molar-refractivity contribution >= 4 is 11.6 Å². The van der Waals surface area contributed by atoms with E-state index in [2.05, 4.69) is 15.3 Å². The monoisotopic (exact) mass is 206 g/mol. The molecule has 0 saturated carbocycles. The van der Waals surface area contributed by atoms with Crippen molar-refractivity contribution in [3.05, 3.63) is 30.0 Å². The molecule has 80 valence electrons. The third kappa shape index (κ3) is 1.96. The van der Waals surface area contributed by atoms with Gasteiger partial charge in [0.25, 0.3) is 0 Å². The van der Waals surface area contributed by atoms with Gasteiger partial charge < -0.3 is 20.5 Å². The van der Waals surface area contributed by atoms with E-state index in [0.717, 1.165) is 11.6 Å². The summed E-state index contributed by atoms with van der Waals surface area (Å²) in [5.74, 6) is 2.86. The van der Waals surface area contributed by atoms with Crippen molar-refractivity contribution in [1.29, 1.82) is 0 Å². The number of H-pyrrole nitrogens is 1. The van der Waals surface area contributed by atoms with Crippen LogP contribution in [0, 0.1) is 6.92 Å². The van der Waals surface area contributed by atoms with E-state index < -0.39 is 0 Å². The lowest BCUT2D eigenvalue weighted by molar-refractivity contribution is 0.490. The number of furan rings is 1. The molecule has 0 saturated heterocycles. The molecule has 0 aromatic carbocycles. The predicted molar refractivity (Wildman–Crippen MR) is 58.5 cm³/mol. The molecule has 2 aromatic rings. The SMILES string of the molecule is Cc1nc(NC(C)c2ccco2)c(N)[nH]1. The first-order valence-electron chi connectivity index (χ1n) is 4.79. The summed E-state index contributed by atoms with van der Waals surface area (Å²) in [5.41, 5.74) is 5.73. The number of aromatic nitrogens is 2. The highest BCUT2D eigenvalue weighted by molar-refractivity contribution is 5.57. The molecule has 0 aliphatic carbocycles. The first-order chi connectivity index (χ1) is 7.16. The van der Waals surface area contributed by atoms with E-state index in [1.807, 2.05) is 26.0 Å². The van der Waals surface area contributed by atoms with Gasteiger partial charge in [-0.15, -0.1) is 0 Å². The zero-order valence-corrected chi connectivity index (χ0v) is 8.74. The number of hydrogen-bond acceptors (Lipinski definition) is 4. The Labute approximate surface area is 87.7 Å². The molecule has 2 aromatic heterocycles. The molecule has 0 aliphatic rings. The Bertz CT molecular complexity index is 432. The second-order valence-corrected chi connectivity index (χ2v) is 3.47. The molecule has 0 radical (unpaired) electrons. The number of nitrogen functional groups attached to an aromatic ring is 1. The Morgan fingerprint density at radius 1 is 1.60 bits per heavy atom. The maximum Gasteiger partial charge on any atom is 0.169 e. The highest BCUT2D eigenvalue weighted by Gasteiger charge is 2.11. The number of nitrogens with zero attached hydrogens (tertiary/aromatic N) is 1. The summed E-state index contributed by atoms with van der Waals surface area (Å²) in [6.45, 7) is 3.85. The van der Waals surface area contributed by atoms with Gasteiger partial charge in [-0.3, -0.25) is 0 Å². The van der Waals surface area contributed by atoms with Gasteiger partial charge in [0.2, 0.25) is 0 Å². The highest BCUT2D eigenvalue weighted by atomic mass is 16.3. The van der Waals surface area contributed by atoms with Crippen LogP contribution in [-0.4, -0.2) is 9.97 Å². The zero-order valence-electron chi connectivity index (χ0n) is 8.74. The number of imidazole rings is 1. The summed E-state index contributed by atoms with van der Waals surface area (Å²) in [6.07, 6.45) is 1.65. The van der Waals surface area contributed by atoms with E-state index in [1.54, 1.807) is 6.26 Å². The summed E-state index contributed by atoms with van der Waals surface area (Å²) in [6, 6.07) is 3.81. The first kappa shape index (κ1) is 9.64. The van der Waals surface area contributed by atoms with Crippen LogP contribution in [0.5, 0.6) is 0 Å². The molecule has 2 rings (SSSR count). The normalized spacial score (nSPS) is 12.7. The van der Waals surface area contributed by atoms with Crippen LogP contribution in [0.25, 0.3) is 0 Å². The molecule has 4 N–H and O–H groups in total. The van der Waals surface area contributed by atoms with Crippen LogP contribution in [0.3, 0.4) is 0 Å². The molecule has 0 fully saturated rings.